The Labute approximate surface area is 178 Å². The van der Waals surface area contributed by atoms with E-state index in [1.807, 2.05) is 19.1 Å². The molecule has 0 spiro atoms. The minimum Gasteiger partial charge on any atom is -0.494 e. The monoisotopic (exact) mass is 417 g/mol. The van der Waals surface area contributed by atoms with E-state index in [-0.39, 0.29) is 12.1 Å². The summed E-state index contributed by atoms with van der Waals surface area (Å²) in [6.07, 6.45) is 4.46. The van der Waals surface area contributed by atoms with Gasteiger partial charge in [0.2, 0.25) is 0 Å². The summed E-state index contributed by atoms with van der Waals surface area (Å²) in [5, 5.41) is 1.24. The van der Waals surface area contributed by atoms with Crippen molar-refractivity contribution in [2.75, 3.05) is 6.61 Å². The lowest BCUT2D eigenvalue weighted by Gasteiger charge is -2.20. The van der Waals surface area contributed by atoms with E-state index in [9.17, 15) is 9.59 Å². The maximum Gasteiger partial charge on any atom is 0.336 e. The van der Waals surface area contributed by atoms with Gasteiger partial charge in [0.1, 0.15) is 17.7 Å². The van der Waals surface area contributed by atoms with Gasteiger partial charge in [0.25, 0.3) is 5.56 Å². The Morgan fingerprint density at radius 1 is 1.19 bits per heavy atom. The normalized spacial score (nSPS) is 15.9. The van der Waals surface area contributed by atoms with Gasteiger partial charge in [0, 0.05) is 17.1 Å². The van der Waals surface area contributed by atoms with E-state index in [0.29, 0.717) is 40.5 Å². The largest absolute Gasteiger partial charge is 0.494 e. The van der Waals surface area contributed by atoms with Crippen molar-refractivity contribution >= 4 is 22.0 Å². The molecule has 0 unspecified atom stereocenters. The molecule has 3 heterocycles. The number of aromatic nitrogens is 3. The molecule has 7 nitrogen and oxygen atoms in total. The second-order valence-electron chi connectivity index (χ2n) is 8.17. The molecular weight excluding hydrogens is 394 g/mol. The van der Waals surface area contributed by atoms with Crippen LogP contribution in [-0.2, 0) is 19.4 Å². The lowest BCUT2D eigenvalue weighted by molar-refractivity contribution is 0.340. The number of ether oxygens (including phenoxy) is 1. The topological polar surface area (TPSA) is 87.2 Å². The van der Waals surface area contributed by atoms with Gasteiger partial charge < -0.3 is 9.15 Å². The molecule has 1 aliphatic rings. The molecule has 3 aromatic heterocycles. The van der Waals surface area contributed by atoms with Gasteiger partial charge in [-0.15, -0.1) is 0 Å². The molecule has 0 fully saturated rings. The summed E-state index contributed by atoms with van der Waals surface area (Å²) in [5.74, 6) is 1.26. The molecule has 0 N–H and O–H groups in total. The van der Waals surface area contributed by atoms with E-state index >= 15 is 0 Å². The van der Waals surface area contributed by atoms with Gasteiger partial charge in [-0.1, -0.05) is 6.92 Å². The summed E-state index contributed by atoms with van der Waals surface area (Å²) in [7, 11) is 0. The van der Waals surface area contributed by atoms with E-state index in [2.05, 4.69) is 16.9 Å². The number of pyridine rings is 1. The highest BCUT2D eigenvalue weighted by molar-refractivity contribution is 5.82. The molecule has 0 saturated carbocycles. The fraction of sp³-hybridized carbons (Fsp3) is 0.333. The third kappa shape index (κ3) is 3.60. The van der Waals surface area contributed by atoms with Crippen LogP contribution in [0.1, 0.15) is 37.1 Å². The van der Waals surface area contributed by atoms with Crippen molar-refractivity contribution in [1.29, 1.82) is 0 Å². The van der Waals surface area contributed by atoms with Gasteiger partial charge in [-0.3, -0.25) is 9.36 Å². The van der Waals surface area contributed by atoms with Gasteiger partial charge in [-0.2, -0.15) is 0 Å². The molecule has 1 aliphatic carbocycles. The van der Waals surface area contributed by atoms with Crippen molar-refractivity contribution < 1.29 is 9.15 Å². The van der Waals surface area contributed by atoms with Gasteiger partial charge >= 0.3 is 5.63 Å². The molecule has 0 bridgehead atoms. The Hall–Kier alpha value is -3.48. The van der Waals surface area contributed by atoms with Crippen LogP contribution in [0.3, 0.4) is 0 Å². The summed E-state index contributed by atoms with van der Waals surface area (Å²) in [4.78, 5) is 34.4. The zero-order chi connectivity index (χ0) is 21.5. The number of aryl methyl sites for hydroxylation is 1. The highest BCUT2D eigenvalue weighted by atomic mass is 16.5. The van der Waals surface area contributed by atoms with Crippen molar-refractivity contribution in [3.05, 3.63) is 74.3 Å². The first-order valence-corrected chi connectivity index (χ1v) is 10.6. The molecule has 0 radical (unpaired) electrons. The number of nitrogens with zero attached hydrogens (tertiary/aromatic N) is 3. The minimum absolute atomic E-state index is 0.166. The molecular formula is C24H23N3O4. The van der Waals surface area contributed by atoms with E-state index in [1.165, 1.54) is 17.0 Å². The molecule has 0 saturated heterocycles. The third-order valence-corrected chi connectivity index (χ3v) is 5.88. The SMILES string of the molecule is CCOc1ccc2oc(=O)cc(Cn3cnc4nc5c(cc4c3=O)C[C@H](C)CC5)c2c1. The lowest BCUT2D eigenvalue weighted by Crippen LogP contribution is -2.23. The summed E-state index contributed by atoms with van der Waals surface area (Å²) < 4.78 is 12.4. The average Bonchev–Trinajstić information content (AvgIpc) is 2.75. The standard InChI is InChI=1S/C24H23N3O4/c1-3-30-17-5-7-21-18(11-17)16(10-22(28)31-21)12-27-13-25-23-19(24(27)29)9-15-8-14(2)4-6-20(15)26-23/h5,7,9-11,13-14H,3-4,6,8,12H2,1-2H3/t14-/m1/s1. The van der Waals surface area contributed by atoms with Gasteiger partial charge in [0.05, 0.1) is 18.5 Å². The van der Waals surface area contributed by atoms with Gasteiger partial charge in [-0.05, 0) is 67.5 Å². The first kappa shape index (κ1) is 19.5. The predicted molar refractivity (Wildman–Crippen MR) is 118 cm³/mol. The number of benzene rings is 1. The number of fused-ring (bicyclic) bond motifs is 3. The van der Waals surface area contributed by atoms with Crippen LogP contribution in [0.5, 0.6) is 5.75 Å². The van der Waals surface area contributed by atoms with Crippen LogP contribution in [0.2, 0.25) is 0 Å². The molecule has 7 heteroatoms. The Kier molecular flexibility index (Phi) is 4.81. The fourth-order valence-electron chi connectivity index (χ4n) is 4.31. The lowest BCUT2D eigenvalue weighted by atomic mass is 9.87. The summed E-state index contributed by atoms with van der Waals surface area (Å²) in [6, 6.07) is 8.67. The molecule has 0 aliphatic heterocycles. The van der Waals surface area contributed by atoms with Crippen molar-refractivity contribution in [3.63, 3.8) is 0 Å². The van der Waals surface area contributed by atoms with Crippen molar-refractivity contribution in [3.8, 4) is 5.75 Å². The predicted octanol–water partition coefficient (Wildman–Crippen LogP) is 3.47. The van der Waals surface area contributed by atoms with E-state index in [0.717, 1.165) is 35.9 Å². The second kappa shape index (κ2) is 7.65. The fourth-order valence-corrected chi connectivity index (χ4v) is 4.31. The molecule has 1 aromatic carbocycles. The Morgan fingerprint density at radius 2 is 2.06 bits per heavy atom. The maximum atomic E-state index is 13.2. The first-order valence-electron chi connectivity index (χ1n) is 10.6. The Balaban J connectivity index is 1.61. The van der Waals surface area contributed by atoms with Crippen LogP contribution in [0.15, 0.2) is 50.7 Å². The van der Waals surface area contributed by atoms with Crippen LogP contribution in [-0.4, -0.2) is 21.1 Å². The third-order valence-electron chi connectivity index (χ3n) is 5.88. The van der Waals surface area contributed by atoms with Gasteiger partial charge in [0.15, 0.2) is 5.65 Å². The molecule has 158 valence electrons. The molecule has 31 heavy (non-hydrogen) atoms. The number of rotatable bonds is 4. The molecule has 5 rings (SSSR count). The summed E-state index contributed by atoms with van der Waals surface area (Å²) >= 11 is 0. The highest BCUT2D eigenvalue weighted by Gasteiger charge is 2.19. The van der Waals surface area contributed by atoms with Crippen LogP contribution in [0.25, 0.3) is 22.0 Å². The van der Waals surface area contributed by atoms with Crippen molar-refractivity contribution in [2.24, 2.45) is 5.92 Å². The zero-order valence-corrected chi connectivity index (χ0v) is 17.6. The average molecular weight is 417 g/mol. The highest BCUT2D eigenvalue weighted by Crippen LogP contribution is 2.26. The van der Waals surface area contributed by atoms with E-state index in [1.54, 1.807) is 12.1 Å². The van der Waals surface area contributed by atoms with Crippen LogP contribution >= 0.6 is 0 Å². The molecule has 1 atom stereocenters. The first-order chi connectivity index (χ1) is 15.0. The molecule has 4 aromatic rings. The van der Waals surface area contributed by atoms with Crippen molar-refractivity contribution in [1.82, 2.24) is 14.5 Å². The summed E-state index contributed by atoms with van der Waals surface area (Å²) in [6.45, 7) is 4.86. The van der Waals surface area contributed by atoms with E-state index < -0.39 is 5.63 Å². The molecule has 0 amide bonds. The second-order valence-corrected chi connectivity index (χ2v) is 8.17. The smallest absolute Gasteiger partial charge is 0.336 e. The van der Waals surface area contributed by atoms with Gasteiger partial charge in [-0.25, -0.2) is 14.8 Å². The van der Waals surface area contributed by atoms with E-state index in [4.69, 9.17) is 9.15 Å². The van der Waals surface area contributed by atoms with Crippen molar-refractivity contribution in [2.45, 2.75) is 39.7 Å². The zero-order valence-electron chi connectivity index (χ0n) is 17.6. The Morgan fingerprint density at radius 3 is 2.90 bits per heavy atom. The van der Waals surface area contributed by atoms with Crippen LogP contribution < -0.4 is 15.9 Å². The summed E-state index contributed by atoms with van der Waals surface area (Å²) in [5.41, 5.74) is 3.16. The van der Waals surface area contributed by atoms with Crippen LogP contribution in [0.4, 0.5) is 0 Å². The number of hydrogen-bond donors (Lipinski definition) is 0. The quantitative estimate of drug-likeness (QED) is 0.473. The minimum atomic E-state index is -0.460. The Bertz CT molecular complexity index is 1420. The maximum absolute atomic E-state index is 13.2. The number of hydrogen-bond acceptors (Lipinski definition) is 6. The van der Waals surface area contributed by atoms with Crippen LogP contribution in [0, 0.1) is 5.92 Å².